The molecule has 4 heteroatoms. The zero-order valence-corrected chi connectivity index (χ0v) is 10.6. The van der Waals surface area contributed by atoms with E-state index in [0.717, 1.165) is 30.6 Å². The number of halogens is 1. The molecular weight excluding hydrogens is 272 g/mol. The molecule has 86 valence electrons. The summed E-state index contributed by atoms with van der Waals surface area (Å²) in [7, 11) is 0. The van der Waals surface area contributed by atoms with E-state index < -0.39 is 0 Å². The maximum atomic E-state index is 11.9. The van der Waals surface area contributed by atoms with Crippen LogP contribution in [0.1, 0.15) is 36.5 Å². The second-order valence-electron chi connectivity index (χ2n) is 4.56. The first-order valence-corrected chi connectivity index (χ1v) is 6.54. The van der Waals surface area contributed by atoms with Gasteiger partial charge in [0.25, 0.3) is 0 Å². The number of alkyl halides is 1. The molecule has 1 aromatic heterocycles. The summed E-state index contributed by atoms with van der Waals surface area (Å²) in [6.45, 7) is 1.78. The van der Waals surface area contributed by atoms with Crippen molar-refractivity contribution in [3.63, 3.8) is 0 Å². The highest BCUT2D eigenvalue weighted by atomic mass is 79.9. The molecule has 0 amide bonds. The lowest BCUT2D eigenvalue weighted by Gasteiger charge is -2.39. The number of aryl methyl sites for hydroxylation is 1. The quantitative estimate of drug-likeness (QED) is 0.688. The van der Waals surface area contributed by atoms with Gasteiger partial charge in [-0.15, -0.1) is 0 Å². The number of ether oxygens (including phenoxy) is 1. The van der Waals surface area contributed by atoms with Crippen LogP contribution in [0.2, 0.25) is 0 Å². The lowest BCUT2D eigenvalue weighted by atomic mass is 9.80. The van der Waals surface area contributed by atoms with Crippen LogP contribution < -0.4 is 10.4 Å². The van der Waals surface area contributed by atoms with Crippen molar-refractivity contribution in [2.24, 2.45) is 0 Å². The second kappa shape index (κ2) is 3.62. The predicted molar refractivity (Wildman–Crippen MR) is 63.4 cm³/mol. The van der Waals surface area contributed by atoms with Crippen molar-refractivity contribution in [3.8, 4) is 5.75 Å². The fourth-order valence-corrected chi connectivity index (χ4v) is 3.63. The fourth-order valence-electron chi connectivity index (χ4n) is 2.73. The first-order chi connectivity index (χ1) is 7.66. The molecule has 2 aliphatic rings. The summed E-state index contributed by atoms with van der Waals surface area (Å²) in [5.74, 6) is 1.60. The number of rotatable bonds is 0. The molecule has 1 fully saturated rings. The normalized spacial score (nSPS) is 31.8. The van der Waals surface area contributed by atoms with Crippen molar-refractivity contribution in [3.05, 3.63) is 27.8 Å². The SMILES string of the molecule is Cc1cc2c(c(=O)o1)C1CCCC(O2)C1Br. The van der Waals surface area contributed by atoms with Crippen LogP contribution >= 0.6 is 15.9 Å². The molecule has 0 radical (unpaired) electrons. The molecule has 1 aliphatic heterocycles. The molecule has 1 aromatic rings. The first-order valence-electron chi connectivity index (χ1n) is 5.62. The van der Waals surface area contributed by atoms with E-state index in [1.54, 1.807) is 6.92 Å². The van der Waals surface area contributed by atoms with Crippen LogP contribution in [0.25, 0.3) is 0 Å². The highest BCUT2D eigenvalue weighted by molar-refractivity contribution is 9.09. The van der Waals surface area contributed by atoms with Crippen LogP contribution in [0.15, 0.2) is 15.3 Å². The van der Waals surface area contributed by atoms with Gasteiger partial charge < -0.3 is 9.15 Å². The zero-order valence-electron chi connectivity index (χ0n) is 9.03. The monoisotopic (exact) mass is 284 g/mol. The molecule has 3 unspecified atom stereocenters. The largest absolute Gasteiger partial charge is 0.489 e. The molecular formula is C12H13BrO3. The molecule has 0 N–H and O–H groups in total. The highest BCUT2D eigenvalue weighted by Gasteiger charge is 2.41. The van der Waals surface area contributed by atoms with E-state index in [2.05, 4.69) is 15.9 Å². The average Bonchev–Trinajstić information content (AvgIpc) is 2.18. The summed E-state index contributed by atoms with van der Waals surface area (Å²) in [4.78, 5) is 12.1. The highest BCUT2D eigenvalue weighted by Crippen LogP contribution is 2.45. The molecule has 3 rings (SSSR count). The summed E-state index contributed by atoms with van der Waals surface area (Å²) in [6.07, 6.45) is 3.42. The van der Waals surface area contributed by atoms with Crippen LogP contribution in [-0.2, 0) is 0 Å². The second-order valence-corrected chi connectivity index (χ2v) is 5.62. The third kappa shape index (κ3) is 1.43. The van der Waals surface area contributed by atoms with E-state index in [1.165, 1.54) is 0 Å². The Bertz CT molecular complexity index is 480. The average molecular weight is 285 g/mol. The van der Waals surface area contributed by atoms with Crippen molar-refractivity contribution in [1.82, 2.24) is 0 Å². The van der Waals surface area contributed by atoms with E-state index in [0.29, 0.717) is 5.76 Å². The van der Waals surface area contributed by atoms with E-state index in [9.17, 15) is 4.79 Å². The topological polar surface area (TPSA) is 39.4 Å². The Labute approximate surface area is 102 Å². The molecule has 0 spiro atoms. The van der Waals surface area contributed by atoms with Crippen LogP contribution in [-0.4, -0.2) is 10.9 Å². The van der Waals surface area contributed by atoms with E-state index in [-0.39, 0.29) is 22.5 Å². The van der Waals surface area contributed by atoms with Crippen molar-refractivity contribution in [1.29, 1.82) is 0 Å². The maximum absolute atomic E-state index is 11.9. The van der Waals surface area contributed by atoms with E-state index >= 15 is 0 Å². The summed E-state index contributed by atoms with van der Waals surface area (Å²) in [5.41, 5.74) is 0.494. The molecule has 0 saturated heterocycles. The standard InChI is InChI=1S/C12H13BrO3/c1-6-5-9-10(12(14)15-6)7-3-2-4-8(16-9)11(7)13/h5,7-8,11H,2-4H2,1H3. The summed E-state index contributed by atoms with van der Waals surface area (Å²) in [6, 6.07) is 1.83. The fraction of sp³-hybridized carbons (Fsp3) is 0.583. The van der Waals surface area contributed by atoms with Gasteiger partial charge in [0.15, 0.2) is 0 Å². The van der Waals surface area contributed by atoms with E-state index in [4.69, 9.17) is 9.15 Å². The van der Waals surface area contributed by atoms with Gasteiger partial charge in [0.2, 0.25) is 0 Å². The summed E-state index contributed by atoms with van der Waals surface area (Å²) < 4.78 is 11.0. The van der Waals surface area contributed by atoms with Crippen LogP contribution in [0.3, 0.4) is 0 Å². The van der Waals surface area contributed by atoms with Crippen molar-refractivity contribution in [2.75, 3.05) is 0 Å². The third-order valence-corrected chi connectivity index (χ3v) is 4.69. The third-order valence-electron chi connectivity index (χ3n) is 3.47. The lowest BCUT2D eigenvalue weighted by molar-refractivity contribution is 0.125. The first kappa shape index (κ1) is 10.4. The minimum Gasteiger partial charge on any atom is -0.489 e. The molecule has 3 nitrogen and oxygen atoms in total. The Balaban J connectivity index is 2.18. The lowest BCUT2D eigenvalue weighted by Crippen LogP contribution is -2.42. The van der Waals surface area contributed by atoms with Gasteiger partial charge in [0, 0.05) is 12.0 Å². The minimum absolute atomic E-state index is 0.201. The molecule has 2 bridgehead atoms. The Morgan fingerprint density at radius 2 is 2.25 bits per heavy atom. The van der Waals surface area contributed by atoms with Gasteiger partial charge in [-0.05, 0) is 26.2 Å². The van der Waals surface area contributed by atoms with Crippen LogP contribution in [0, 0.1) is 6.92 Å². The molecule has 2 heterocycles. The number of fused-ring (bicyclic) bond motifs is 4. The number of hydrogen-bond acceptors (Lipinski definition) is 3. The Morgan fingerprint density at radius 1 is 1.44 bits per heavy atom. The smallest absolute Gasteiger partial charge is 0.343 e. The Kier molecular flexibility index (Phi) is 2.35. The van der Waals surface area contributed by atoms with Gasteiger partial charge in [-0.25, -0.2) is 4.79 Å². The van der Waals surface area contributed by atoms with Gasteiger partial charge in [-0.1, -0.05) is 15.9 Å². The van der Waals surface area contributed by atoms with Gasteiger partial charge in [-0.2, -0.15) is 0 Å². The zero-order chi connectivity index (χ0) is 11.3. The maximum Gasteiger partial charge on any atom is 0.343 e. The molecule has 16 heavy (non-hydrogen) atoms. The van der Waals surface area contributed by atoms with Crippen LogP contribution in [0.4, 0.5) is 0 Å². The Hall–Kier alpha value is -0.770. The van der Waals surface area contributed by atoms with Crippen molar-refractivity contribution in [2.45, 2.75) is 43.0 Å². The van der Waals surface area contributed by atoms with Crippen LogP contribution in [0.5, 0.6) is 5.75 Å². The summed E-state index contributed by atoms with van der Waals surface area (Å²) in [5, 5.41) is 0. The molecule has 1 saturated carbocycles. The van der Waals surface area contributed by atoms with Gasteiger partial charge in [-0.3, -0.25) is 0 Å². The predicted octanol–water partition coefficient (Wildman–Crippen LogP) is 2.74. The molecule has 0 aromatic carbocycles. The summed E-state index contributed by atoms with van der Waals surface area (Å²) >= 11 is 3.65. The van der Waals surface area contributed by atoms with E-state index in [1.807, 2.05) is 6.07 Å². The van der Waals surface area contributed by atoms with Crippen molar-refractivity contribution < 1.29 is 9.15 Å². The molecule has 3 atom stereocenters. The van der Waals surface area contributed by atoms with Gasteiger partial charge in [0.05, 0.1) is 10.4 Å². The van der Waals surface area contributed by atoms with Gasteiger partial charge in [0.1, 0.15) is 17.6 Å². The Morgan fingerprint density at radius 3 is 3.06 bits per heavy atom. The minimum atomic E-state index is -0.232. The molecule has 1 aliphatic carbocycles. The number of hydrogen-bond donors (Lipinski definition) is 0. The van der Waals surface area contributed by atoms with Gasteiger partial charge >= 0.3 is 5.63 Å². The van der Waals surface area contributed by atoms with Crippen molar-refractivity contribution >= 4 is 15.9 Å².